The molecular formula is C15H20N2O4. The summed E-state index contributed by atoms with van der Waals surface area (Å²) in [7, 11) is 0. The van der Waals surface area contributed by atoms with E-state index in [9.17, 15) is 9.90 Å². The van der Waals surface area contributed by atoms with Crippen molar-refractivity contribution in [3.8, 4) is 0 Å². The van der Waals surface area contributed by atoms with Crippen molar-refractivity contribution in [2.24, 2.45) is 0 Å². The molecule has 0 saturated carbocycles. The van der Waals surface area contributed by atoms with Crippen molar-refractivity contribution in [3.63, 3.8) is 0 Å². The first-order chi connectivity index (χ1) is 9.85. The number of amides is 1. The summed E-state index contributed by atoms with van der Waals surface area (Å²) in [6, 6.07) is 3.47. The minimum Gasteiger partial charge on any atom is -0.463 e. The van der Waals surface area contributed by atoms with Crippen molar-refractivity contribution in [2.45, 2.75) is 39.7 Å². The van der Waals surface area contributed by atoms with Gasteiger partial charge in [-0.05, 0) is 32.9 Å². The molecule has 1 unspecified atom stereocenters. The van der Waals surface area contributed by atoms with Gasteiger partial charge < -0.3 is 19.4 Å². The summed E-state index contributed by atoms with van der Waals surface area (Å²) in [5, 5.41) is 16.9. The molecule has 2 heterocycles. The van der Waals surface area contributed by atoms with Gasteiger partial charge in [-0.15, -0.1) is 0 Å². The smallest absolute Gasteiger partial charge is 0.256 e. The summed E-state index contributed by atoms with van der Waals surface area (Å²) >= 11 is 0. The van der Waals surface area contributed by atoms with Gasteiger partial charge in [0.05, 0.1) is 12.2 Å². The van der Waals surface area contributed by atoms with Crippen LogP contribution in [0, 0.1) is 13.8 Å². The molecule has 2 aromatic rings. The molecule has 0 aliphatic rings. The number of hydrogen-bond acceptors (Lipinski definition) is 5. The Kier molecular flexibility index (Phi) is 4.18. The summed E-state index contributed by atoms with van der Waals surface area (Å²) in [5.74, 6) is 1.35. The minimum absolute atomic E-state index is 0.0343. The molecule has 0 aliphatic heterocycles. The van der Waals surface area contributed by atoms with E-state index >= 15 is 0 Å². The normalized spacial score (nSPS) is 14.0. The molecule has 0 fully saturated rings. The second-order valence-electron chi connectivity index (χ2n) is 5.29. The molecule has 2 N–H and O–H groups in total. The molecule has 6 nitrogen and oxygen atoms in total. The summed E-state index contributed by atoms with van der Waals surface area (Å²) < 4.78 is 10.5. The Balaban J connectivity index is 2.08. The number of carbonyl (C=O) groups is 1. The van der Waals surface area contributed by atoms with Gasteiger partial charge in [0.2, 0.25) is 0 Å². The highest BCUT2D eigenvalue weighted by molar-refractivity contribution is 5.96. The lowest BCUT2D eigenvalue weighted by molar-refractivity contribution is 0.0323. The van der Waals surface area contributed by atoms with Crippen molar-refractivity contribution in [3.05, 3.63) is 40.7 Å². The van der Waals surface area contributed by atoms with Crippen LogP contribution in [0.2, 0.25) is 0 Å². The third kappa shape index (κ3) is 3.16. The number of carbonyl (C=O) groups excluding carboxylic acids is 1. The van der Waals surface area contributed by atoms with Crippen LogP contribution in [-0.2, 0) is 12.0 Å². The highest BCUT2D eigenvalue weighted by atomic mass is 16.5. The van der Waals surface area contributed by atoms with E-state index in [1.54, 1.807) is 32.9 Å². The molecule has 0 bridgehead atoms. The monoisotopic (exact) mass is 292 g/mol. The van der Waals surface area contributed by atoms with Crippen molar-refractivity contribution >= 4 is 5.91 Å². The van der Waals surface area contributed by atoms with Crippen LogP contribution in [0.25, 0.3) is 0 Å². The molecule has 2 rings (SSSR count). The van der Waals surface area contributed by atoms with Gasteiger partial charge in [-0.3, -0.25) is 4.79 Å². The maximum atomic E-state index is 12.2. The van der Waals surface area contributed by atoms with Crippen LogP contribution >= 0.6 is 0 Å². The topological polar surface area (TPSA) is 88.5 Å². The van der Waals surface area contributed by atoms with Crippen LogP contribution in [0.5, 0.6) is 0 Å². The van der Waals surface area contributed by atoms with Crippen LogP contribution in [0.15, 0.2) is 21.1 Å². The number of furan rings is 1. The molecular weight excluding hydrogens is 272 g/mol. The third-order valence-electron chi connectivity index (χ3n) is 3.35. The van der Waals surface area contributed by atoms with E-state index in [4.69, 9.17) is 8.94 Å². The molecule has 0 saturated heterocycles. The number of nitrogens with one attached hydrogen (secondary N) is 1. The summed E-state index contributed by atoms with van der Waals surface area (Å²) in [6.45, 7) is 7.02. The van der Waals surface area contributed by atoms with Gasteiger partial charge in [0.15, 0.2) is 0 Å². The number of aliphatic hydroxyl groups is 1. The van der Waals surface area contributed by atoms with Crippen molar-refractivity contribution in [1.82, 2.24) is 10.5 Å². The lowest BCUT2D eigenvalue weighted by atomic mass is 10.0. The van der Waals surface area contributed by atoms with E-state index in [1.807, 2.05) is 6.92 Å². The Morgan fingerprint density at radius 3 is 2.71 bits per heavy atom. The van der Waals surface area contributed by atoms with E-state index in [0.29, 0.717) is 35.0 Å². The van der Waals surface area contributed by atoms with Crippen LogP contribution < -0.4 is 5.32 Å². The van der Waals surface area contributed by atoms with Crippen LogP contribution in [0.1, 0.15) is 47.2 Å². The number of hydrogen-bond donors (Lipinski definition) is 2. The number of aryl methyl sites for hydroxylation is 3. The second kappa shape index (κ2) is 5.73. The Labute approximate surface area is 123 Å². The highest BCUT2D eigenvalue weighted by Crippen LogP contribution is 2.22. The minimum atomic E-state index is -1.28. The molecule has 114 valence electrons. The van der Waals surface area contributed by atoms with Gasteiger partial charge in [0, 0.05) is 6.42 Å². The Morgan fingerprint density at radius 1 is 1.43 bits per heavy atom. The first-order valence-electron chi connectivity index (χ1n) is 6.87. The fourth-order valence-corrected chi connectivity index (χ4v) is 2.10. The fraction of sp³-hybridized carbons (Fsp3) is 0.467. The Bertz CT molecular complexity index is 640. The van der Waals surface area contributed by atoms with Gasteiger partial charge in [-0.2, -0.15) is 0 Å². The molecule has 2 aromatic heterocycles. The molecule has 0 spiro atoms. The predicted octanol–water partition coefficient (Wildman–Crippen LogP) is 2.08. The van der Waals surface area contributed by atoms with Crippen molar-refractivity contribution in [1.29, 1.82) is 0 Å². The molecule has 0 aliphatic carbocycles. The second-order valence-corrected chi connectivity index (χ2v) is 5.29. The lowest BCUT2D eigenvalue weighted by Gasteiger charge is -2.21. The zero-order valence-corrected chi connectivity index (χ0v) is 12.7. The molecule has 0 aromatic carbocycles. The highest BCUT2D eigenvalue weighted by Gasteiger charge is 2.29. The summed E-state index contributed by atoms with van der Waals surface area (Å²) in [4.78, 5) is 12.2. The molecule has 6 heteroatoms. The maximum Gasteiger partial charge on any atom is 0.256 e. The van der Waals surface area contributed by atoms with Crippen LogP contribution in [0.3, 0.4) is 0 Å². The Hall–Kier alpha value is -2.08. The van der Waals surface area contributed by atoms with Gasteiger partial charge in [0.1, 0.15) is 28.4 Å². The molecule has 21 heavy (non-hydrogen) atoms. The fourth-order valence-electron chi connectivity index (χ4n) is 2.10. The lowest BCUT2D eigenvalue weighted by Crippen LogP contribution is -2.38. The SMILES string of the molecule is CCc1onc(C)c1C(=O)NCC(C)(O)c1ccc(C)o1. The summed E-state index contributed by atoms with van der Waals surface area (Å²) in [6.07, 6.45) is 0.581. The molecule has 0 radical (unpaired) electrons. The van der Waals surface area contributed by atoms with Gasteiger partial charge >= 0.3 is 0 Å². The number of aromatic nitrogens is 1. The standard InChI is InChI=1S/C15H20N2O4/c1-5-11-13(10(3)17-21-11)14(18)16-8-15(4,19)12-7-6-9(2)20-12/h6-7,19H,5,8H2,1-4H3,(H,16,18). The van der Waals surface area contributed by atoms with E-state index in [2.05, 4.69) is 10.5 Å². The van der Waals surface area contributed by atoms with Crippen LogP contribution in [-0.4, -0.2) is 22.7 Å². The zero-order chi connectivity index (χ0) is 15.6. The Morgan fingerprint density at radius 2 is 2.14 bits per heavy atom. The maximum absolute atomic E-state index is 12.2. The average molecular weight is 292 g/mol. The van der Waals surface area contributed by atoms with E-state index in [0.717, 1.165) is 0 Å². The van der Waals surface area contributed by atoms with E-state index < -0.39 is 5.60 Å². The largest absolute Gasteiger partial charge is 0.463 e. The average Bonchev–Trinajstić information content (AvgIpc) is 3.02. The van der Waals surface area contributed by atoms with Gasteiger partial charge in [-0.1, -0.05) is 12.1 Å². The third-order valence-corrected chi connectivity index (χ3v) is 3.35. The van der Waals surface area contributed by atoms with Gasteiger partial charge in [-0.25, -0.2) is 0 Å². The molecule has 1 amide bonds. The van der Waals surface area contributed by atoms with Gasteiger partial charge in [0.25, 0.3) is 5.91 Å². The van der Waals surface area contributed by atoms with Crippen molar-refractivity contribution in [2.75, 3.05) is 6.54 Å². The number of rotatable bonds is 5. The quantitative estimate of drug-likeness (QED) is 0.881. The zero-order valence-electron chi connectivity index (χ0n) is 12.7. The van der Waals surface area contributed by atoms with E-state index in [1.165, 1.54) is 0 Å². The van der Waals surface area contributed by atoms with Crippen LogP contribution in [0.4, 0.5) is 0 Å². The first-order valence-corrected chi connectivity index (χ1v) is 6.87. The predicted molar refractivity (Wildman–Crippen MR) is 76.0 cm³/mol. The van der Waals surface area contributed by atoms with E-state index in [-0.39, 0.29) is 12.5 Å². The van der Waals surface area contributed by atoms with Crippen molar-refractivity contribution < 1.29 is 18.8 Å². The summed E-state index contributed by atoms with van der Waals surface area (Å²) in [5.41, 5.74) is -0.303. The number of nitrogens with zero attached hydrogens (tertiary/aromatic N) is 1. The first kappa shape index (κ1) is 15.3. The molecule has 1 atom stereocenters.